The van der Waals surface area contributed by atoms with E-state index in [1.807, 2.05) is 13.8 Å². The zero-order valence-corrected chi connectivity index (χ0v) is 23.4. The maximum atomic E-state index is 13.8. The van der Waals surface area contributed by atoms with Crippen molar-refractivity contribution in [3.8, 4) is 5.75 Å². The highest BCUT2D eigenvalue weighted by Crippen LogP contribution is 2.26. The first-order valence-electron chi connectivity index (χ1n) is 12.7. The molecule has 0 fully saturated rings. The van der Waals surface area contributed by atoms with E-state index in [1.165, 1.54) is 41.3 Å². The van der Waals surface area contributed by atoms with E-state index in [0.29, 0.717) is 30.2 Å². The number of rotatable bonds is 12. The number of aryl methyl sites for hydroxylation is 1. The van der Waals surface area contributed by atoms with E-state index in [-0.39, 0.29) is 17.3 Å². The second-order valence-electron chi connectivity index (χ2n) is 8.97. The van der Waals surface area contributed by atoms with Crippen molar-refractivity contribution in [2.24, 2.45) is 0 Å². The van der Waals surface area contributed by atoms with Gasteiger partial charge in [-0.25, -0.2) is 12.8 Å². The zero-order valence-electron chi connectivity index (χ0n) is 22.6. The first-order valence-corrected chi connectivity index (χ1v) is 14.1. The summed E-state index contributed by atoms with van der Waals surface area (Å²) in [7, 11) is -4.18. The molecule has 0 radical (unpaired) electrons. The van der Waals surface area contributed by atoms with Gasteiger partial charge in [0.05, 0.1) is 17.2 Å². The van der Waals surface area contributed by atoms with Gasteiger partial charge in [0.2, 0.25) is 11.8 Å². The van der Waals surface area contributed by atoms with Crippen molar-refractivity contribution in [1.29, 1.82) is 0 Å². The van der Waals surface area contributed by atoms with Gasteiger partial charge >= 0.3 is 0 Å². The molecule has 0 aliphatic rings. The second-order valence-corrected chi connectivity index (χ2v) is 10.8. The fraction of sp³-hybridized carbons (Fsp3) is 0.310. The Morgan fingerprint density at radius 3 is 2.13 bits per heavy atom. The summed E-state index contributed by atoms with van der Waals surface area (Å²) in [5.41, 5.74) is 1.82. The molecule has 1 N–H and O–H groups in total. The number of carbonyl (C=O) groups excluding carboxylic acids is 2. The van der Waals surface area contributed by atoms with Crippen molar-refractivity contribution >= 4 is 27.5 Å². The third-order valence-corrected chi connectivity index (χ3v) is 7.90. The van der Waals surface area contributed by atoms with E-state index >= 15 is 0 Å². The lowest BCUT2D eigenvalue weighted by Gasteiger charge is -2.32. The highest BCUT2D eigenvalue weighted by Gasteiger charge is 2.32. The predicted molar refractivity (Wildman–Crippen MR) is 148 cm³/mol. The lowest BCUT2D eigenvalue weighted by molar-refractivity contribution is -0.139. The first-order chi connectivity index (χ1) is 18.6. The summed E-state index contributed by atoms with van der Waals surface area (Å²) in [5, 5.41) is 2.70. The molecule has 8 nitrogen and oxygen atoms in total. The van der Waals surface area contributed by atoms with Gasteiger partial charge in [0, 0.05) is 13.1 Å². The summed E-state index contributed by atoms with van der Waals surface area (Å²) in [6.07, 6.45) is 0. The fourth-order valence-electron chi connectivity index (χ4n) is 3.93. The Hall–Kier alpha value is -3.92. The summed E-state index contributed by atoms with van der Waals surface area (Å²) in [6, 6.07) is 17.4. The van der Waals surface area contributed by atoms with Crippen LogP contribution in [0.2, 0.25) is 0 Å². The quantitative estimate of drug-likeness (QED) is 0.360. The van der Waals surface area contributed by atoms with Gasteiger partial charge in [0.15, 0.2) is 0 Å². The van der Waals surface area contributed by atoms with E-state index in [4.69, 9.17) is 4.74 Å². The zero-order chi connectivity index (χ0) is 28.6. The number of hydrogen-bond acceptors (Lipinski definition) is 5. The summed E-state index contributed by atoms with van der Waals surface area (Å²) < 4.78 is 47.6. The van der Waals surface area contributed by atoms with Gasteiger partial charge < -0.3 is 15.0 Å². The van der Waals surface area contributed by atoms with Gasteiger partial charge in [-0.2, -0.15) is 0 Å². The van der Waals surface area contributed by atoms with Crippen LogP contribution in [0.25, 0.3) is 0 Å². The minimum Gasteiger partial charge on any atom is -0.494 e. The van der Waals surface area contributed by atoms with Gasteiger partial charge in [-0.05, 0) is 81.8 Å². The van der Waals surface area contributed by atoms with Crippen LogP contribution in [0.15, 0.2) is 77.7 Å². The normalized spacial score (nSPS) is 11.9. The lowest BCUT2D eigenvalue weighted by Crippen LogP contribution is -2.51. The van der Waals surface area contributed by atoms with Crippen LogP contribution < -0.4 is 14.4 Å². The molecule has 1 atom stereocenters. The van der Waals surface area contributed by atoms with Crippen molar-refractivity contribution in [2.75, 3.05) is 24.0 Å². The van der Waals surface area contributed by atoms with Crippen LogP contribution in [0.3, 0.4) is 0 Å². The van der Waals surface area contributed by atoms with Gasteiger partial charge in [-0.3, -0.25) is 13.9 Å². The Morgan fingerprint density at radius 1 is 0.949 bits per heavy atom. The topological polar surface area (TPSA) is 96.0 Å². The van der Waals surface area contributed by atoms with E-state index < -0.39 is 34.3 Å². The van der Waals surface area contributed by atoms with Gasteiger partial charge in [-0.1, -0.05) is 29.8 Å². The van der Waals surface area contributed by atoms with E-state index in [1.54, 1.807) is 50.2 Å². The molecule has 0 unspecified atom stereocenters. The molecule has 3 aromatic carbocycles. The monoisotopic (exact) mass is 555 g/mol. The molecule has 0 aliphatic carbocycles. The second kappa shape index (κ2) is 13.2. The van der Waals surface area contributed by atoms with Crippen LogP contribution in [0.1, 0.15) is 31.9 Å². The molecule has 0 aromatic heterocycles. The Labute approximate surface area is 229 Å². The maximum absolute atomic E-state index is 13.8. The number of likely N-dealkylation sites (N-methyl/N-ethyl adjacent to an activating group) is 1. The van der Waals surface area contributed by atoms with Gasteiger partial charge in [0.1, 0.15) is 24.2 Å². The number of hydrogen-bond donors (Lipinski definition) is 1. The van der Waals surface area contributed by atoms with Gasteiger partial charge in [-0.15, -0.1) is 0 Å². The number of nitrogens with one attached hydrogen (secondary N) is 1. The minimum atomic E-state index is -4.18. The fourth-order valence-corrected chi connectivity index (χ4v) is 5.35. The molecule has 3 rings (SSSR count). The summed E-state index contributed by atoms with van der Waals surface area (Å²) in [4.78, 5) is 27.8. The average molecular weight is 556 g/mol. The molecule has 0 aliphatic heterocycles. The van der Waals surface area contributed by atoms with Crippen molar-refractivity contribution in [3.05, 3.63) is 89.7 Å². The largest absolute Gasteiger partial charge is 0.494 e. The van der Waals surface area contributed by atoms with Crippen molar-refractivity contribution in [1.82, 2.24) is 10.2 Å². The van der Waals surface area contributed by atoms with Crippen LogP contribution in [0.4, 0.5) is 10.1 Å². The van der Waals surface area contributed by atoms with Crippen LogP contribution in [0, 0.1) is 12.7 Å². The van der Waals surface area contributed by atoms with Crippen molar-refractivity contribution in [2.45, 2.75) is 45.2 Å². The molecular weight excluding hydrogens is 521 g/mol. The molecule has 10 heteroatoms. The number of sulfonamides is 1. The molecule has 3 aromatic rings. The van der Waals surface area contributed by atoms with Gasteiger partial charge in [0.25, 0.3) is 10.0 Å². The third-order valence-electron chi connectivity index (χ3n) is 6.11. The van der Waals surface area contributed by atoms with E-state index in [2.05, 4.69) is 5.32 Å². The molecule has 208 valence electrons. The molecule has 0 saturated carbocycles. The molecule has 0 heterocycles. The highest BCUT2D eigenvalue weighted by atomic mass is 32.2. The molecule has 0 spiro atoms. The third kappa shape index (κ3) is 7.57. The molecule has 2 amide bonds. The molecule has 0 bridgehead atoms. The number of benzene rings is 3. The minimum absolute atomic E-state index is 0.0117. The number of anilines is 1. The van der Waals surface area contributed by atoms with Crippen LogP contribution in [0.5, 0.6) is 5.75 Å². The summed E-state index contributed by atoms with van der Waals surface area (Å²) >= 11 is 0. The Morgan fingerprint density at radius 2 is 1.56 bits per heavy atom. The van der Waals surface area contributed by atoms with Crippen molar-refractivity contribution in [3.63, 3.8) is 0 Å². The summed E-state index contributed by atoms with van der Waals surface area (Å²) in [6.45, 7) is 7.27. The Balaban J connectivity index is 2.00. The van der Waals surface area contributed by atoms with Crippen molar-refractivity contribution < 1.29 is 27.1 Å². The molecule has 0 saturated heterocycles. The van der Waals surface area contributed by atoms with E-state index in [9.17, 15) is 22.4 Å². The SMILES string of the molecule is CCNC(=O)[C@@H](C)N(Cc1ccc(F)cc1)C(=O)CN(c1ccc(C)cc1)S(=O)(=O)c1ccc(OCC)cc1. The Bertz CT molecular complexity index is 1360. The average Bonchev–Trinajstić information content (AvgIpc) is 2.92. The predicted octanol–water partition coefficient (Wildman–Crippen LogP) is 4.28. The van der Waals surface area contributed by atoms with Crippen LogP contribution in [-0.4, -0.2) is 50.9 Å². The van der Waals surface area contributed by atoms with Crippen LogP contribution >= 0.6 is 0 Å². The molecule has 39 heavy (non-hydrogen) atoms. The first kappa shape index (κ1) is 29.6. The summed E-state index contributed by atoms with van der Waals surface area (Å²) in [5.74, 6) is -0.881. The number of carbonyl (C=O) groups is 2. The number of amides is 2. The molecular formula is C29H34FN3O5S. The maximum Gasteiger partial charge on any atom is 0.264 e. The number of halogens is 1. The van der Waals surface area contributed by atoms with E-state index in [0.717, 1.165) is 9.87 Å². The standard InChI is InChI=1S/C29H34FN3O5S/c1-5-31-29(35)22(4)32(19-23-9-11-24(30)12-10-23)28(34)20-33(25-13-7-21(3)8-14-25)39(36,37)27-17-15-26(16-18-27)38-6-2/h7-18,22H,5-6,19-20H2,1-4H3,(H,31,35)/t22-/m1/s1. The smallest absolute Gasteiger partial charge is 0.264 e. The Kier molecular flexibility index (Phi) is 10.1. The lowest BCUT2D eigenvalue weighted by atomic mass is 10.1. The van der Waals surface area contributed by atoms with Crippen LogP contribution in [-0.2, 0) is 26.2 Å². The number of nitrogens with zero attached hydrogens (tertiary/aromatic N) is 2. The number of ether oxygens (including phenoxy) is 1. The highest BCUT2D eigenvalue weighted by molar-refractivity contribution is 7.92.